The first-order valence-corrected chi connectivity index (χ1v) is 7.01. The van der Waals surface area contributed by atoms with Crippen molar-refractivity contribution < 1.29 is 4.79 Å². The maximum absolute atomic E-state index is 12.4. The maximum Gasteiger partial charge on any atom is 0.240 e. The molecule has 0 aliphatic rings. The van der Waals surface area contributed by atoms with Crippen molar-refractivity contribution in [2.45, 2.75) is 58.7 Å². The van der Waals surface area contributed by atoms with Crippen LogP contribution in [0.4, 0.5) is 0 Å². The van der Waals surface area contributed by atoms with Crippen molar-refractivity contribution in [3.05, 3.63) is 30.1 Å². The molecule has 106 valence electrons. The van der Waals surface area contributed by atoms with Crippen LogP contribution in [0.3, 0.4) is 0 Å². The van der Waals surface area contributed by atoms with E-state index in [1.165, 1.54) is 0 Å². The van der Waals surface area contributed by atoms with Crippen LogP contribution in [-0.2, 0) is 11.3 Å². The Kier molecular flexibility index (Phi) is 6.50. The van der Waals surface area contributed by atoms with E-state index in [4.69, 9.17) is 5.73 Å². The zero-order valence-electron chi connectivity index (χ0n) is 12.2. The Morgan fingerprint density at radius 3 is 2.74 bits per heavy atom. The van der Waals surface area contributed by atoms with Crippen molar-refractivity contribution in [1.29, 1.82) is 0 Å². The molecule has 4 nitrogen and oxygen atoms in total. The second kappa shape index (κ2) is 7.89. The van der Waals surface area contributed by atoms with Gasteiger partial charge in [0.2, 0.25) is 5.91 Å². The third kappa shape index (κ3) is 4.99. The van der Waals surface area contributed by atoms with Gasteiger partial charge >= 0.3 is 0 Å². The Balaban J connectivity index is 2.69. The average Bonchev–Trinajstić information content (AvgIpc) is 2.42. The largest absolute Gasteiger partial charge is 0.335 e. The maximum atomic E-state index is 12.4. The van der Waals surface area contributed by atoms with Gasteiger partial charge in [-0.3, -0.25) is 9.78 Å². The summed E-state index contributed by atoms with van der Waals surface area (Å²) in [6.07, 6.45) is 6.33. The van der Waals surface area contributed by atoms with E-state index in [2.05, 4.69) is 11.9 Å². The summed E-state index contributed by atoms with van der Waals surface area (Å²) in [5, 5.41) is 0. The van der Waals surface area contributed by atoms with Gasteiger partial charge in [0.05, 0.1) is 6.04 Å². The molecule has 0 aliphatic heterocycles. The van der Waals surface area contributed by atoms with Gasteiger partial charge in [0, 0.05) is 25.0 Å². The van der Waals surface area contributed by atoms with Crippen molar-refractivity contribution in [2.24, 2.45) is 5.73 Å². The summed E-state index contributed by atoms with van der Waals surface area (Å²) in [7, 11) is 0. The van der Waals surface area contributed by atoms with Crippen molar-refractivity contribution in [3.8, 4) is 0 Å². The summed E-state index contributed by atoms with van der Waals surface area (Å²) < 4.78 is 0. The van der Waals surface area contributed by atoms with Crippen LogP contribution < -0.4 is 5.73 Å². The standard InChI is InChI=1S/C15H25N3O/c1-4-5-8-14(16)15(19)18(12(2)3)11-13-7-6-9-17-10-13/h6-7,9-10,12,14H,4-5,8,11,16H2,1-3H3/t14-/m0/s1. The number of nitrogens with zero attached hydrogens (tertiary/aromatic N) is 2. The van der Waals surface area contributed by atoms with E-state index in [1.807, 2.05) is 30.9 Å². The predicted octanol–water partition coefficient (Wildman–Crippen LogP) is 2.34. The number of amides is 1. The molecule has 1 rings (SSSR count). The number of hydrogen-bond acceptors (Lipinski definition) is 3. The quantitative estimate of drug-likeness (QED) is 0.821. The number of pyridine rings is 1. The third-order valence-corrected chi connectivity index (χ3v) is 3.17. The first kappa shape index (κ1) is 15.6. The Labute approximate surface area is 116 Å². The normalized spacial score (nSPS) is 12.5. The van der Waals surface area contributed by atoms with Crippen molar-refractivity contribution in [1.82, 2.24) is 9.88 Å². The molecule has 0 unspecified atom stereocenters. The van der Waals surface area contributed by atoms with Crippen molar-refractivity contribution in [2.75, 3.05) is 0 Å². The van der Waals surface area contributed by atoms with Crippen LogP contribution in [0, 0.1) is 0 Å². The van der Waals surface area contributed by atoms with Gasteiger partial charge in [-0.05, 0) is 31.9 Å². The second-order valence-electron chi connectivity index (χ2n) is 5.17. The van der Waals surface area contributed by atoms with E-state index in [9.17, 15) is 4.79 Å². The number of carbonyl (C=O) groups excluding carboxylic acids is 1. The summed E-state index contributed by atoms with van der Waals surface area (Å²) in [6, 6.07) is 3.61. The number of carbonyl (C=O) groups is 1. The summed E-state index contributed by atoms with van der Waals surface area (Å²) >= 11 is 0. The molecule has 0 fully saturated rings. The topological polar surface area (TPSA) is 59.2 Å². The molecule has 0 saturated carbocycles. The Hall–Kier alpha value is -1.42. The van der Waals surface area contributed by atoms with Crippen LogP contribution in [-0.4, -0.2) is 27.9 Å². The van der Waals surface area contributed by atoms with Crippen molar-refractivity contribution in [3.63, 3.8) is 0 Å². The minimum absolute atomic E-state index is 0.0345. The molecule has 19 heavy (non-hydrogen) atoms. The lowest BCUT2D eigenvalue weighted by Crippen LogP contribution is -2.46. The lowest BCUT2D eigenvalue weighted by molar-refractivity contribution is -0.135. The molecule has 1 aromatic rings. The van der Waals surface area contributed by atoms with Gasteiger partial charge in [0.15, 0.2) is 0 Å². The number of rotatable bonds is 7. The highest BCUT2D eigenvalue weighted by Crippen LogP contribution is 2.11. The Morgan fingerprint density at radius 2 is 2.21 bits per heavy atom. The van der Waals surface area contributed by atoms with Gasteiger partial charge in [0.25, 0.3) is 0 Å². The van der Waals surface area contributed by atoms with E-state index >= 15 is 0 Å². The lowest BCUT2D eigenvalue weighted by Gasteiger charge is -2.29. The monoisotopic (exact) mass is 263 g/mol. The van der Waals surface area contributed by atoms with Crippen LogP contribution in [0.15, 0.2) is 24.5 Å². The van der Waals surface area contributed by atoms with Gasteiger partial charge in [-0.25, -0.2) is 0 Å². The highest BCUT2D eigenvalue weighted by Gasteiger charge is 2.22. The molecule has 0 spiro atoms. The number of nitrogens with two attached hydrogens (primary N) is 1. The third-order valence-electron chi connectivity index (χ3n) is 3.17. The summed E-state index contributed by atoms with van der Waals surface area (Å²) in [6.45, 7) is 6.71. The molecular weight excluding hydrogens is 238 g/mol. The first-order chi connectivity index (χ1) is 9.06. The van der Waals surface area contributed by atoms with Gasteiger partial charge in [-0.15, -0.1) is 0 Å². The molecule has 1 amide bonds. The molecule has 0 bridgehead atoms. The van der Waals surface area contributed by atoms with Crippen molar-refractivity contribution >= 4 is 5.91 Å². The average molecular weight is 263 g/mol. The van der Waals surface area contributed by atoms with Gasteiger partial charge < -0.3 is 10.6 Å². The zero-order valence-corrected chi connectivity index (χ0v) is 12.2. The van der Waals surface area contributed by atoms with Crippen LogP contribution in [0.5, 0.6) is 0 Å². The van der Waals surface area contributed by atoms with E-state index in [-0.39, 0.29) is 18.0 Å². The molecular formula is C15H25N3O. The SMILES string of the molecule is CCCC[C@H](N)C(=O)N(Cc1cccnc1)C(C)C. The van der Waals surface area contributed by atoms with E-state index in [1.54, 1.807) is 12.4 Å². The second-order valence-corrected chi connectivity index (χ2v) is 5.17. The number of aromatic nitrogens is 1. The van der Waals surface area contributed by atoms with E-state index in [0.29, 0.717) is 6.54 Å². The fraction of sp³-hybridized carbons (Fsp3) is 0.600. The molecule has 0 radical (unpaired) electrons. The molecule has 1 heterocycles. The van der Waals surface area contributed by atoms with E-state index in [0.717, 1.165) is 24.8 Å². The fourth-order valence-corrected chi connectivity index (χ4v) is 1.96. The van der Waals surface area contributed by atoms with Crippen LogP contribution >= 0.6 is 0 Å². The molecule has 0 saturated heterocycles. The molecule has 1 aromatic heterocycles. The summed E-state index contributed by atoms with van der Waals surface area (Å²) in [5.74, 6) is 0.0345. The molecule has 1 atom stereocenters. The summed E-state index contributed by atoms with van der Waals surface area (Å²) in [5.41, 5.74) is 7.02. The minimum Gasteiger partial charge on any atom is -0.335 e. The highest BCUT2D eigenvalue weighted by molar-refractivity contribution is 5.81. The van der Waals surface area contributed by atoms with Gasteiger partial charge in [-0.2, -0.15) is 0 Å². The van der Waals surface area contributed by atoms with Crippen LogP contribution in [0.1, 0.15) is 45.6 Å². The summed E-state index contributed by atoms with van der Waals surface area (Å²) in [4.78, 5) is 18.3. The van der Waals surface area contributed by atoms with Gasteiger partial charge in [0.1, 0.15) is 0 Å². The number of hydrogen-bond donors (Lipinski definition) is 1. The zero-order chi connectivity index (χ0) is 14.3. The van der Waals surface area contributed by atoms with Crippen LogP contribution in [0.25, 0.3) is 0 Å². The van der Waals surface area contributed by atoms with Crippen LogP contribution in [0.2, 0.25) is 0 Å². The minimum atomic E-state index is -0.390. The fourth-order valence-electron chi connectivity index (χ4n) is 1.96. The molecule has 0 aliphatic carbocycles. The molecule has 0 aromatic carbocycles. The molecule has 2 N–H and O–H groups in total. The smallest absolute Gasteiger partial charge is 0.240 e. The Bertz CT molecular complexity index is 378. The molecule has 4 heteroatoms. The number of unbranched alkanes of at least 4 members (excludes halogenated alkanes) is 1. The highest BCUT2D eigenvalue weighted by atomic mass is 16.2. The Morgan fingerprint density at radius 1 is 1.47 bits per heavy atom. The van der Waals surface area contributed by atoms with Gasteiger partial charge in [-0.1, -0.05) is 25.8 Å². The lowest BCUT2D eigenvalue weighted by atomic mass is 10.1. The predicted molar refractivity (Wildman–Crippen MR) is 77.4 cm³/mol. The first-order valence-electron chi connectivity index (χ1n) is 7.01. The van der Waals surface area contributed by atoms with E-state index < -0.39 is 0 Å².